The number of fused-ring (bicyclic) bond motifs is 1. The normalized spacial score (nSPS) is 19.0. The number of piperidine rings is 1. The number of hydrogen-bond acceptors (Lipinski definition) is 9. The van der Waals surface area contributed by atoms with Gasteiger partial charge >= 0.3 is 5.97 Å². The predicted molar refractivity (Wildman–Crippen MR) is 181 cm³/mol. The SMILES string of the molecule is COC(=O)C1CCCCN1Cc1cnc2c(Nc3cccc(-c4cccc(OCCCN5CCC(O)C5)c4C)c3C)nccc2c1. The quantitative estimate of drug-likeness (QED) is 0.153. The number of aliphatic hydroxyl groups is 1. The maximum atomic E-state index is 12.4. The summed E-state index contributed by atoms with van der Waals surface area (Å²) in [5, 5.41) is 14.3. The monoisotopic (exact) mass is 623 g/mol. The van der Waals surface area contributed by atoms with Crippen LogP contribution in [0.25, 0.3) is 22.0 Å². The molecule has 6 rings (SSSR count). The minimum Gasteiger partial charge on any atom is -0.493 e. The fourth-order valence-electron chi connectivity index (χ4n) is 6.84. The number of aliphatic hydroxyl groups excluding tert-OH is 1. The van der Waals surface area contributed by atoms with E-state index in [1.807, 2.05) is 24.5 Å². The molecule has 2 aliphatic rings. The summed E-state index contributed by atoms with van der Waals surface area (Å²) in [6, 6.07) is 16.4. The number of methoxy groups -OCH3 is 1. The molecule has 9 heteroatoms. The number of hydrogen-bond donors (Lipinski definition) is 2. The molecule has 46 heavy (non-hydrogen) atoms. The zero-order chi connectivity index (χ0) is 32.0. The van der Waals surface area contributed by atoms with Gasteiger partial charge in [0, 0.05) is 49.6 Å². The molecule has 2 saturated heterocycles. The highest BCUT2D eigenvalue weighted by atomic mass is 16.5. The summed E-state index contributed by atoms with van der Waals surface area (Å²) in [6.45, 7) is 9.07. The number of ether oxygens (including phenoxy) is 2. The van der Waals surface area contributed by atoms with Crippen molar-refractivity contribution in [3.05, 3.63) is 77.6 Å². The largest absolute Gasteiger partial charge is 0.493 e. The molecule has 2 aromatic carbocycles. The number of rotatable bonds is 11. The predicted octanol–water partition coefficient (Wildman–Crippen LogP) is 6.02. The lowest BCUT2D eigenvalue weighted by molar-refractivity contribution is -0.148. The van der Waals surface area contributed by atoms with E-state index in [-0.39, 0.29) is 18.1 Å². The van der Waals surface area contributed by atoms with Gasteiger partial charge in [-0.2, -0.15) is 0 Å². The lowest BCUT2D eigenvalue weighted by Crippen LogP contribution is -2.44. The van der Waals surface area contributed by atoms with E-state index < -0.39 is 0 Å². The highest BCUT2D eigenvalue weighted by molar-refractivity contribution is 5.91. The summed E-state index contributed by atoms with van der Waals surface area (Å²) >= 11 is 0. The Labute approximate surface area is 271 Å². The van der Waals surface area contributed by atoms with E-state index in [1.165, 1.54) is 7.11 Å². The Morgan fingerprint density at radius 2 is 1.85 bits per heavy atom. The average Bonchev–Trinajstić information content (AvgIpc) is 3.49. The number of likely N-dealkylation sites (tertiary alicyclic amines) is 2. The maximum Gasteiger partial charge on any atom is 0.323 e. The van der Waals surface area contributed by atoms with E-state index in [0.29, 0.717) is 19.0 Å². The number of nitrogens with zero attached hydrogens (tertiary/aromatic N) is 4. The number of pyridine rings is 2. The molecule has 0 spiro atoms. The number of carbonyl (C=O) groups excluding carboxylic acids is 1. The van der Waals surface area contributed by atoms with Crippen molar-refractivity contribution in [1.82, 2.24) is 19.8 Å². The van der Waals surface area contributed by atoms with Crippen molar-refractivity contribution in [3.8, 4) is 16.9 Å². The van der Waals surface area contributed by atoms with Gasteiger partial charge in [-0.3, -0.25) is 14.7 Å². The maximum absolute atomic E-state index is 12.4. The van der Waals surface area contributed by atoms with Crippen LogP contribution in [0.2, 0.25) is 0 Å². The molecule has 9 nitrogen and oxygen atoms in total. The fourth-order valence-corrected chi connectivity index (χ4v) is 6.84. The van der Waals surface area contributed by atoms with Crippen molar-refractivity contribution in [3.63, 3.8) is 0 Å². The lowest BCUT2D eigenvalue weighted by atomic mass is 9.95. The molecule has 4 aromatic rings. The smallest absolute Gasteiger partial charge is 0.323 e. The molecule has 2 N–H and O–H groups in total. The Bertz CT molecular complexity index is 1680. The molecule has 0 saturated carbocycles. The first-order chi connectivity index (χ1) is 22.4. The van der Waals surface area contributed by atoms with Gasteiger partial charge in [-0.15, -0.1) is 0 Å². The Morgan fingerprint density at radius 3 is 2.65 bits per heavy atom. The number of nitrogens with one attached hydrogen (secondary N) is 1. The molecule has 2 unspecified atom stereocenters. The first kappa shape index (κ1) is 31.9. The standard InChI is InChI=1S/C37H45N5O4/c1-25-30(31-10-7-13-34(26(31)2)46-20-8-17-41-19-15-29(43)24-41)9-6-11-32(25)40-36-35-28(14-16-38-36)21-27(22-39-35)23-42-18-5-4-12-33(42)37(44)45-3/h6-7,9-11,13-14,16,21-22,29,33,43H,4-5,8,12,15,17-20,23-24H2,1-3H3,(H,38,40). The van der Waals surface area contributed by atoms with Crippen LogP contribution in [0.3, 0.4) is 0 Å². The third kappa shape index (κ3) is 7.17. The molecular formula is C37H45N5O4. The van der Waals surface area contributed by atoms with Gasteiger partial charge in [0.2, 0.25) is 0 Å². The van der Waals surface area contributed by atoms with Gasteiger partial charge in [-0.25, -0.2) is 4.98 Å². The van der Waals surface area contributed by atoms with E-state index in [1.54, 1.807) is 0 Å². The van der Waals surface area contributed by atoms with Gasteiger partial charge in [0.15, 0.2) is 5.82 Å². The van der Waals surface area contributed by atoms with Crippen LogP contribution < -0.4 is 10.1 Å². The molecule has 2 fully saturated rings. The van der Waals surface area contributed by atoms with E-state index in [9.17, 15) is 9.90 Å². The van der Waals surface area contributed by atoms with E-state index in [2.05, 4.69) is 70.3 Å². The van der Waals surface area contributed by atoms with Gasteiger partial charge in [-0.05, 0) is 98.2 Å². The van der Waals surface area contributed by atoms with Crippen LogP contribution in [0.1, 0.15) is 48.8 Å². The minimum atomic E-state index is -0.203. The Hall–Kier alpha value is -4.05. The molecule has 0 aliphatic carbocycles. The van der Waals surface area contributed by atoms with Crippen LogP contribution in [0.15, 0.2) is 60.9 Å². The van der Waals surface area contributed by atoms with Crippen LogP contribution in [0, 0.1) is 13.8 Å². The van der Waals surface area contributed by atoms with Crippen molar-refractivity contribution >= 4 is 28.4 Å². The minimum absolute atomic E-state index is 0.161. The second-order valence-corrected chi connectivity index (χ2v) is 12.6. The summed E-state index contributed by atoms with van der Waals surface area (Å²) in [5.41, 5.74) is 7.33. The highest BCUT2D eigenvalue weighted by Crippen LogP contribution is 2.36. The summed E-state index contributed by atoms with van der Waals surface area (Å²) in [6.07, 6.45) is 8.25. The number of anilines is 2. The Morgan fingerprint density at radius 1 is 1.02 bits per heavy atom. The van der Waals surface area contributed by atoms with Crippen molar-refractivity contribution in [2.24, 2.45) is 0 Å². The lowest BCUT2D eigenvalue weighted by Gasteiger charge is -2.33. The summed E-state index contributed by atoms with van der Waals surface area (Å²) in [7, 11) is 1.46. The van der Waals surface area contributed by atoms with Crippen molar-refractivity contribution in [2.75, 3.05) is 45.2 Å². The van der Waals surface area contributed by atoms with Gasteiger partial charge in [0.25, 0.3) is 0 Å². The molecule has 0 amide bonds. The Balaban J connectivity index is 1.17. The van der Waals surface area contributed by atoms with Gasteiger partial charge < -0.3 is 24.8 Å². The highest BCUT2D eigenvalue weighted by Gasteiger charge is 2.29. The molecule has 2 aliphatic heterocycles. The molecular weight excluding hydrogens is 578 g/mol. The van der Waals surface area contributed by atoms with E-state index in [4.69, 9.17) is 14.5 Å². The van der Waals surface area contributed by atoms with Crippen LogP contribution in [-0.4, -0.2) is 82.9 Å². The number of β-amino-alcohol motifs (C(OH)–C–C–N with tert-alkyl or cyclic N) is 1. The van der Waals surface area contributed by atoms with Crippen molar-refractivity contribution in [2.45, 2.75) is 64.6 Å². The summed E-state index contributed by atoms with van der Waals surface area (Å²) in [4.78, 5) is 26.4. The van der Waals surface area contributed by atoms with E-state index in [0.717, 1.165) is 108 Å². The average molecular weight is 624 g/mol. The zero-order valence-corrected chi connectivity index (χ0v) is 27.2. The molecule has 242 valence electrons. The summed E-state index contributed by atoms with van der Waals surface area (Å²) < 4.78 is 11.3. The third-order valence-electron chi connectivity index (χ3n) is 9.41. The molecule has 0 radical (unpaired) electrons. The summed E-state index contributed by atoms with van der Waals surface area (Å²) in [5.74, 6) is 1.44. The number of benzene rings is 2. The second kappa shape index (κ2) is 14.6. The zero-order valence-electron chi connectivity index (χ0n) is 27.2. The van der Waals surface area contributed by atoms with Crippen LogP contribution in [0.4, 0.5) is 11.5 Å². The Kier molecular flexibility index (Phi) is 10.1. The number of aromatic nitrogens is 2. The molecule has 2 atom stereocenters. The van der Waals surface area contributed by atoms with Crippen LogP contribution in [-0.2, 0) is 16.1 Å². The molecule has 0 bridgehead atoms. The van der Waals surface area contributed by atoms with E-state index >= 15 is 0 Å². The van der Waals surface area contributed by atoms with Gasteiger partial charge in [-0.1, -0.05) is 30.7 Å². The van der Waals surface area contributed by atoms with Gasteiger partial charge in [0.1, 0.15) is 17.3 Å². The van der Waals surface area contributed by atoms with Crippen LogP contribution >= 0.6 is 0 Å². The van der Waals surface area contributed by atoms with Gasteiger partial charge in [0.05, 0.1) is 19.8 Å². The fraction of sp³-hybridized carbons (Fsp3) is 0.432. The number of esters is 1. The van der Waals surface area contributed by atoms with Crippen molar-refractivity contribution < 1.29 is 19.4 Å². The first-order valence-electron chi connectivity index (χ1n) is 16.5. The number of carbonyl (C=O) groups is 1. The molecule has 4 heterocycles. The molecule has 2 aromatic heterocycles. The second-order valence-electron chi connectivity index (χ2n) is 12.6. The van der Waals surface area contributed by atoms with Crippen LogP contribution in [0.5, 0.6) is 5.75 Å². The van der Waals surface area contributed by atoms with Crippen molar-refractivity contribution in [1.29, 1.82) is 0 Å². The first-order valence-corrected chi connectivity index (χ1v) is 16.5. The third-order valence-corrected chi connectivity index (χ3v) is 9.41. The topological polar surface area (TPSA) is 100 Å².